The van der Waals surface area contributed by atoms with Crippen molar-refractivity contribution < 1.29 is 18.7 Å². The highest BCUT2D eigenvalue weighted by Gasteiger charge is 2.16. The number of nitrogens with one attached hydrogen (secondary N) is 1. The topological polar surface area (TPSA) is 95.6 Å². The Hall–Kier alpha value is -4.62. The number of aliphatic imine (C=N–C) groups is 1. The van der Waals surface area contributed by atoms with Gasteiger partial charge in [-0.3, -0.25) is 9.78 Å². The third-order valence-corrected chi connectivity index (χ3v) is 6.19. The molecule has 1 amide bonds. The van der Waals surface area contributed by atoms with Crippen molar-refractivity contribution in [3.8, 4) is 11.8 Å². The number of aliphatic hydroxyl groups excluding tert-OH is 1. The molecule has 5 rings (SSSR count). The lowest BCUT2D eigenvalue weighted by Gasteiger charge is -2.23. The van der Waals surface area contributed by atoms with E-state index in [1.54, 1.807) is 17.4 Å². The third-order valence-electron chi connectivity index (χ3n) is 6.19. The summed E-state index contributed by atoms with van der Waals surface area (Å²) in [6.07, 6.45) is 5.21. The lowest BCUT2D eigenvalue weighted by atomic mass is 10.1. The van der Waals surface area contributed by atoms with Crippen molar-refractivity contribution >= 4 is 34.2 Å². The highest BCUT2D eigenvalue weighted by Crippen LogP contribution is 2.25. The van der Waals surface area contributed by atoms with E-state index in [2.05, 4.69) is 32.1 Å². The van der Waals surface area contributed by atoms with E-state index in [1.807, 2.05) is 29.8 Å². The number of halogens is 2. The maximum atomic E-state index is 13.5. The first-order valence-electron chi connectivity index (χ1n) is 12.0. The number of nitrogens with zero attached hydrogens (tertiary/aromatic N) is 5. The minimum absolute atomic E-state index is 0.0144. The second-order valence-electron chi connectivity index (χ2n) is 8.84. The van der Waals surface area contributed by atoms with Crippen LogP contribution in [0.4, 0.5) is 8.78 Å². The maximum absolute atomic E-state index is 13.5. The molecule has 2 aromatic carbocycles. The van der Waals surface area contributed by atoms with E-state index < -0.39 is 11.6 Å². The fourth-order valence-electron chi connectivity index (χ4n) is 4.35. The molecular formula is C28H24F2N6O2. The van der Waals surface area contributed by atoms with Gasteiger partial charge in [-0.05, 0) is 35.9 Å². The number of pyridine rings is 1. The summed E-state index contributed by atoms with van der Waals surface area (Å²) in [6.45, 7) is 0.710. The number of benzene rings is 2. The van der Waals surface area contributed by atoms with Crippen LogP contribution in [0.15, 0.2) is 59.4 Å². The van der Waals surface area contributed by atoms with Crippen LogP contribution in [0.1, 0.15) is 17.0 Å². The average molecular weight is 515 g/mol. The molecule has 0 bridgehead atoms. The van der Waals surface area contributed by atoms with E-state index in [0.29, 0.717) is 17.6 Å². The molecule has 0 atom stereocenters. The zero-order valence-electron chi connectivity index (χ0n) is 20.6. The van der Waals surface area contributed by atoms with Gasteiger partial charge in [0.2, 0.25) is 0 Å². The van der Waals surface area contributed by atoms with Gasteiger partial charge in [-0.1, -0.05) is 17.9 Å². The number of aliphatic hydroxyl groups is 1. The Balaban J connectivity index is 1.23. The lowest BCUT2D eigenvalue weighted by molar-refractivity contribution is -0.117. The fraction of sp³-hybridized carbons (Fsp3) is 0.214. The fourth-order valence-corrected chi connectivity index (χ4v) is 4.35. The number of carbonyl (C=O) groups is 1. The summed E-state index contributed by atoms with van der Waals surface area (Å²) in [6, 6.07) is 9.41. The zero-order chi connectivity index (χ0) is 26.6. The largest absolute Gasteiger partial charge is 0.396 e. The van der Waals surface area contributed by atoms with Crippen LogP contribution in [0.25, 0.3) is 21.9 Å². The van der Waals surface area contributed by atoms with Crippen molar-refractivity contribution in [2.24, 2.45) is 12.0 Å². The predicted octanol–water partition coefficient (Wildman–Crippen LogP) is 2.83. The summed E-state index contributed by atoms with van der Waals surface area (Å²) >= 11 is 0. The Morgan fingerprint density at radius 3 is 2.84 bits per heavy atom. The van der Waals surface area contributed by atoms with E-state index in [-0.39, 0.29) is 32.1 Å². The summed E-state index contributed by atoms with van der Waals surface area (Å²) in [5.41, 5.74) is 4.26. The predicted molar refractivity (Wildman–Crippen MR) is 140 cm³/mol. The van der Waals surface area contributed by atoms with Gasteiger partial charge in [0.1, 0.15) is 11.3 Å². The Morgan fingerprint density at radius 2 is 2.03 bits per heavy atom. The van der Waals surface area contributed by atoms with Crippen molar-refractivity contribution in [2.45, 2.75) is 13.0 Å². The maximum Gasteiger partial charge on any atom is 0.251 e. The molecule has 0 saturated heterocycles. The minimum atomic E-state index is -0.914. The van der Waals surface area contributed by atoms with Crippen molar-refractivity contribution in [3.63, 3.8) is 0 Å². The van der Waals surface area contributed by atoms with Crippen LogP contribution in [0.3, 0.4) is 0 Å². The van der Waals surface area contributed by atoms with Gasteiger partial charge in [0.05, 0.1) is 48.8 Å². The van der Waals surface area contributed by atoms with Gasteiger partial charge in [-0.15, -0.1) is 0 Å². The quantitative estimate of drug-likeness (QED) is 0.386. The van der Waals surface area contributed by atoms with E-state index in [1.165, 1.54) is 12.3 Å². The Morgan fingerprint density at radius 1 is 1.16 bits per heavy atom. The molecule has 192 valence electrons. The molecule has 0 aliphatic carbocycles. The Kier molecular flexibility index (Phi) is 7.11. The monoisotopic (exact) mass is 514 g/mol. The molecule has 1 aliphatic rings. The van der Waals surface area contributed by atoms with Crippen LogP contribution < -0.4 is 5.32 Å². The number of imidazole rings is 1. The van der Waals surface area contributed by atoms with E-state index in [4.69, 9.17) is 0 Å². The second kappa shape index (κ2) is 10.8. The summed E-state index contributed by atoms with van der Waals surface area (Å²) in [7, 11) is 1.91. The molecule has 2 aromatic heterocycles. The van der Waals surface area contributed by atoms with Crippen molar-refractivity contribution in [1.29, 1.82) is 0 Å². The summed E-state index contributed by atoms with van der Waals surface area (Å²) in [4.78, 5) is 27.5. The Labute approximate surface area is 217 Å². The van der Waals surface area contributed by atoms with Crippen molar-refractivity contribution in [1.82, 2.24) is 24.8 Å². The first-order valence-corrected chi connectivity index (χ1v) is 12.0. The summed E-state index contributed by atoms with van der Waals surface area (Å²) in [5, 5.41) is 13.0. The standard InChI is InChI=1S/C28H24F2N6O2/c1-35-26(8-10-37)34-25-14-33-24-7-5-18(11-21(24)27(25)35)3-2-9-32-28(38)20-13-31-17-36(16-20)15-19-4-6-22(29)23(30)12-19/h4-7,11-14,17,37H,8-10,15-16H2,1H3,(H,32,38). The summed E-state index contributed by atoms with van der Waals surface area (Å²) < 4.78 is 28.6. The van der Waals surface area contributed by atoms with Crippen LogP contribution in [0.2, 0.25) is 0 Å². The number of amides is 1. The molecule has 3 heterocycles. The number of hydrogen-bond donors (Lipinski definition) is 2. The molecular weight excluding hydrogens is 490 g/mol. The number of fused-ring (bicyclic) bond motifs is 3. The van der Waals surface area contributed by atoms with Crippen LogP contribution >= 0.6 is 0 Å². The number of hydrogen-bond acceptors (Lipinski definition) is 6. The average Bonchev–Trinajstić information content (AvgIpc) is 3.24. The third kappa shape index (κ3) is 5.23. The second-order valence-corrected chi connectivity index (χ2v) is 8.84. The highest BCUT2D eigenvalue weighted by atomic mass is 19.2. The van der Waals surface area contributed by atoms with Crippen LogP contribution in [0.5, 0.6) is 0 Å². The van der Waals surface area contributed by atoms with Gasteiger partial charge in [0, 0.05) is 37.2 Å². The number of rotatable bonds is 6. The Bertz CT molecular complexity index is 1660. The molecule has 10 heteroatoms. The van der Waals surface area contributed by atoms with Crippen LogP contribution in [-0.2, 0) is 24.8 Å². The summed E-state index contributed by atoms with van der Waals surface area (Å²) in [5.74, 6) is 4.71. The molecule has 38 heavy (non-hydrogen) atoms. The molecule has 0 fully saturated rings. The van der Waals surface area contributed by atoms with Gasteiger partial charge >= 0.3 is 0 Å². The molecule has 0 spiro atoms. The van der Waals surface area contributed by atoms with E-state index in [9.17, 15) is 18.7 Å². The number of aromatic nitrogens is 3. The molecule has 4 aromatic rings. The van der Waals surface area contributed by atoms with E-state index >= 15 is 0 Å². The van der Waals surface area contributed by atoms with Gasteiger partial charge in [0.15, 0.2) is 11.6 Å². The molecule has 0 unspecified atom stereocenters. The molecule has 0 saturated carbocycles. The van der Waals surface area contributed by atoms with Gasteiger partial charge < -0.3 is 19.9 Å². The normalized spacial score (nSPS) is 12.9. The molecule has 8 nitrogen and oxygen atoms in total. The molecule has 0 radical (unpaired) electrons. The molecule has 2 N–H and O–H groups in total. The van der Waals surface area contributed by atoms with Gasteiger partial charge in [-0.25, -0.2) is 18.8 Å². The number of aryl methyl sites for hydroxylation is 1. The van der Waals surface area contributed by atoms with Crippen molar-refractivity contribution in [3.05, 3.63) is 83.0 Å². The SMILES string of the molecule is Cn1c(CCO)nc2cnc3ccc(C#CCNC(=O)C4=CN=CN(Cc5ccc(F)c(F)c5)C4)cc3c21. The molecule has 1 aliphatic heterocycles. The highest BCUT2D eigenvalue weighted by molar-refractivity contribution is 6.02. The van der Waals surface area contributed by atoms with Gasteiger partial charge in [-0.2, -0.15) is 0 Å². The minimum Gasteiger partial charge on any atom is -0.396 e. The first kappa shape index (κ1) is 25.0. The van der Waals surface area contributed by atoms with Gasteiger partial charge in [0.25, 0.3) is 5.91 Å². The van der Waals surface area contributed by atoms with E-state index in [0.717, 1.165) is 45.5 Å². The first-order chi connectivity index (χ1) is 18.4. The zero-order valence-corrected chi connectivity index (χ0v) is 20.6. The number of carbonyl (C=O) groups excluding carboxylic acids is 1. The smallest absolute Gasteiger partial charge is 0.251 e. The lowest BCUT2D eigenvalue weighted by Crippen LogP contribution is -2.34. The van der Waals surface area contributed by atoms with Crippen LogP contribution in [0, 0.1) is 23.5 Å². The van der Waals surface area contributed by atoms with Crippen LogP contribution in [-0.4, -0.2) is 56.5 Å². The van der Waals surface area contributed by atoms with Crippen molar-refractivity contribution in [2.75, 3.05) is 19.7 Å².